The van der Waals surface area contributed by atoms with E-state index in [1.54, 1.807) is 12.1 Å². The molecule has 3 nitrogen and oxygen atoms in total. The average Bonchev–Trinajstić information content (AvgIpc) is 2.56. The van der Waals surface area contributed by atoms with Gasteiger partial charge in [0.25, 0.3) is 0 Å². The second kappa shape index (κ2) is 6.83. The van der Waals surface area contributed by atoms with Crippen LogP contribution in [0.2, 0.25) is 5.02 Å². The fourth-order valence-corrected chi connectivity index (χ4v) is 2.95. The number of hydrogen-bond acceptors (Lipinski definition) is 2. The number of hydrogen-bond donors (Lipinski definition) is 1. The SMILES string of the molecule is Cc1[nH]c(C)c(-c2ccc(Oc3ccc(Cl)cc3)cc2)c(=O)c1Br. The minimum atomic E-state index is -0.0184. The maximum atomic E-state index is 12.5. The molecule has 5 heteroatoms. The highest BCUT2D eigenvalue weighted by Crippen LogP contribution is 2.27. The molecule has 0 aliphatic carbocycles. The predicted octanol–water partition coefficient (Wildman–Crippen LogP) is 5.87. The van der Waals surface area contributed by atoms with E-state index in [4.69, 9.17) is 16.3 Å². The number of nitrogens with one attached hydrogen (secondary N) is 1. The van der Waals surface area contributed by atoms with Crippen molar-refractivity contribution in [3.63, 3.8) is 0 Å². The molecule has 24 heavy (non-hydrogen) atoms. The van der Waals surface area contributed by atoms with E-state index in [0.29, 0.717) is 26.6 Å². The number of H-pyrrole nitrogens is 1. The quantitative estimate of drug-likeness (QED) is 0.593. The van der Waals surface area contributed by atoms with Crippen molar-refractivity contribution >= 4 is 27.5 Å². The van der Waals surface area contributed by atoms with Gasteiger partial charge in [0, 0.05) is 22.0 Å². The van der Waals surface area contributed by atoms with Crippen LogP contribution in [-0.2, 0) is 0 Å². The number of aryl methyl sites for hydroxylation is 2. The maximum absolute atomic E-state index is 12.5. The van der Waals surface area contributed by atoms with E-state index in [9.17, 15) is 4.79 Å². The van der Waals surface area contributed by atoms with Crippen LogP contribution in [0.3, 0.4) is 0 Å². The minimum absolute atomic E-state index is 0.0184. The van der Waals surface area contributed by atoms with Crippen molar-refractivity contribution in [2.24, 2.45) is 0 Å². The number of benzene rings is 2. The van der Waals surface area contributed by atoms with Crippen molar-refractivity contribution in [1.82, 2.24) is 4.98 Å². The van der Waals surface area contributed by atoms with Gasteiger partial charge in [-0.2, -0.15) is 0 Å². The molecule has 0 saturated carbocycles. The lowest BCUT2D eigenvalue weighted by molar-refractivity contribution is 0.483. The van der Waals surface area contributed by atoms with Gasteiger partial charge in [-0.3, -0.25) is 4.79 Å². The number of aromatic nitrogens is 1. The lowest BCUT2D eigenvalue weighted by Crippen LogP contribution is -2.11. The van der Waals surface area contributed by atoms with Crippen LogP contribution in [0.1, 0.15) is 11.4 Å². The first-order valence-electron chi connectivity index (χ1n) is 7.38. The van der Waals surface area contributed by atoms with E-state index in [2.05, 4.69) is 20.9 Å². The summed E-state index contributed by atoms with van der Waals surface area (Å²) in [5.41, 5.74) is 3.15. The third-order valence-corrected chi connectivity index (χ3v) is 4.90. The highest BCUT2D eigenvalue weighted by atomic mass is 79.9. The van der Waals surface area contributed by atoms with Gasteiger partial charge < -0.3 is 9.72 Å². The van der Waals surface area contributed by atoms with Gasteiger partial charge in [-0.1, -0.05) is 23.7 Å². The molecule has 0 saturated heterocycles. The molecule has 2 aromatic carbocycles. The summed E-state index contributed by atoms with van der Waals surface area (Å²) in [4.78, 5) is 15.7. The second-order valence-corrected chi connectivity index (χ2v) is 6.70. The van der Waals surface area contributed by atoms with Crippen molar-refractivity contribution in [2.45, 2.75) is 13.8 Å². The summed E-state index contributed by atoms with van der Waals surface area (Å²) < 4.78 is 6.33. The normalized spacial score (nSPS) is 10.7. The summed E-state index contributed by atoms with van der Waals surface area (Å²) in [5, 5.41) is 0.664. The molecule has 0 bridgehead atoms. The molecule has 1 heterocycles. The van der Waals surface area contributed by atoms with E-state index >= 15 is 0 Å². The van der Waals surface area contributed by atoms with Crippen LogP contribution in [0, 0.1) is 13.8 Å². The molecular formula is C19H15BrClNO2. The number of pyridine rings is 1. The number of halogens is 2. The topological polar surface area (TPSA) is 42.1 Å². The Balaban J connectivity index is 1.92. The van der Waals surface area contributed by atoms with Gasteiger partial charge in [0.1, 0.15) is 11.5 Å². The zero-order valence-corrected chi connectivity index (χ0v) is 15.5. The van der Waals surface area contributed by atoms with Crippen molar-refractivity contribution in [1.29, 1.82) is 0 Å². The Labute approximate surface area is 153 Å². The van der Waals surface area contributed by atoms with Gasteiger partial charge >= 0.3 is 0 Å². The van der Waals surface area contributed by atoms with Crippen LogP contribution in [0.5, 0.6) is 11.5 Å². The van der Waals surface area contributed by atoms with Crippen LogP contribution in [0.15, 0.2) is 57.8 Å². The molecule has 122 valence electrons. The smallest absolute Gasteiger partial charge is 0.204 e. The second-order valence-electron chi connectivity index (χ2n) is 5.47. The zero-order chi connectivity index (χ0) is 17.3. The van der Waals surface area contributed by atoms with E-state index < -0.39 is 0 Å². The molecule has 0 fully saturated rings. The maximum Gasteiger partial charge on any atom is 0.204 e. The fourth-order valence-electron chi connectivity index (χ4n) is 2.52. The van der Waals surface area contributed by atoms with Gasteiger partial charge in [0.15, 0.2) is 0 Å². The standard InChI is InChI=1S/C19H15BrClNO2/c1-11-17(19(23)18(20)12(2)22-11)13-3-7-15(8-4-13)24-16-9-5-14(21)6-10-16/h3-10H,1-2H3,(H,22,23). The molecule has 1 N–H and O–H groups in total. The predicted molar refractivity (Wildman–Crippen MR) is 101 cm³/mol. The monoisotopic (exact) mass is 403 g/mol. The Morgan fingerprint density at radius 1 is 0.917 bits per heavy atom. The van der Waals surface area contributed by atoms with Crippen molar-refractivity contribution in [3.8, 4) is 22.6 Å². The highest BCUT2D eigenvalue weighted by Gasteiger charge is 2.12. The summed E-state index contributed by atoms with van der Waals surface area (Å²) in [6.07, 6.45) is 0. The Morgan fingerprint density at radius 2 is 1.46 bits per heavy atom. The summed E-state index contributed by atoms with van der Waals surface area (Å²) in [5.74, 6) is 1.40. The third-order valence-electron chi connectivity index (χ3n) is 3.70. The van der Waals surface area contributed by atoms with Gasteiger partial charge in [-0.05, 0) is 71.7 Å². The van der Waals surface area contributed by atoms with Gasteiger partial charge in [0.05, 0.1) is 4.47 Å². The van der Waals surface area contributed by atoms with Crippen molar-refractivity contribution < 1.29 is 4.74 Å². The molecule has 3 aromatic rings. The molecule has 1 aromatic heterocycles. The van der Waals surface area contributed by atoms with Gasteiger partial charge in [0.2, 0.25) is 5.43 Å². The molecule has 0 amide bonds. The summed E-state index contributed by atoms with van der Waals surface area (Å²) in [6, 6.07) is 14.6. The Bertz CT molecular complexity index is 931. The van der Waals surface area contributed by atoms with Crippen LogP contribution < -0.4 is 10.2 Å². The first-order valence-corrected chi connectivity index (χ1v) is 8.55. The van der Waals surface area contributed by atoms with E-state index in [-0.39, 0.29) is 5.43 Å². The van der Waals surface area contributed by atoms with Gasteiger partial charge in [-0.15, -0.1) is 0 Å². The lowest BCUT2D eigenvalue weighted by atomic mass is 10.0. The molecule has 3 rings (SSSR count). The Hall–Kier alpha value is -2.04. The average molecular weight is 405 g/mol. The molecule has 0 aliphatic heterocycles. The first kappa shape index (κ1) is 16.8. The zero-order valence-electron chi connectivity index (χ0n) is 13.2. The Morgan fingerprint density at radius 3 is 2.04 bits per heavy atom. The van der Waals surface area contributed by atoms with E-state index in [1.165, 1.54) is 0 Å². The lowest BCUT2D eigenvalue weighted by Gasteiger charge is -2.10. The van der Waals surface area contributed by atoms with E-state index in [1.807, 2.05) is 50.2 Å². The molecule has 0 spiro atoms. The fraction of sp³-hybridized carbons (Fsp3) is 0.105. The molecular weight excluding hydrogens is 390 g/mol. The largest absolute Gasteiger partial charge is 0.457 e. The Kier molecular flexibility index (Phi) is 4.78. The summed E-state index contributed by atoms with van der Waals surface area (Å²) in [7, 11) is 0. The minimum Gasteiger partial charge on any atom is -0.457 e. The number of rotatable bonds is 3. The van der Waals surface area contributed by atoms with Crippen molar-refractivity contribution in [2.75, 3.05) is 0 Å². The molecule has 0 atom stereocenters. The van der Waals surface area contributed by atoms with E-state index in [0.717, 1.165) is 17.0 Å². The van der Waals surface area contributed by atoms with Crippen LogP contribution in [0.4, 0.5) is 0 Å². The molecule has 0 aliphatic rings. The van der Waals surface area contributed by atoms with Crippen LogP contribution in [-0.4, -0.2) is 4.98 Å². The molecule has 0 unspecified atom stereocenters. The molecule has 0 radical (unpaired) electrons. The third kappa shape index (κ3) is 3.40. The summed E-state index contributed by atoms with van der Waals surface area (Å²) >= 11 is 9.21. The first-order chi connectivity index (χ1) is 11.5. The van der Waals surface area contributed by atoms with Gasteiger partial charge in [-0.25, -0.2) is 0 Å². The number of aromatic amines is 1. The van der Waals surface area contributed by atoms with Crippen LogP contribution >= 0.6 is 27.5 Å². The summed E-state index contributed by atoms with van der Waals surface area (Å²) in [6.45, 7) is 3.76. The van der Waals surface area contributed by atoms with Crippen molar-refractivity contribution in [3.05, 3.63) is 79.6 Å². The highest BCUT2D eigenvalue weighted by molar-refractivity contribution is 9.10. The number of ether oxygens (including phenoxy) is 1. The van der Waals surface area contributed by atoms with Crippen LogP contribution in [0.25, 0.3) is 11.1 Å².